The molecule has 2 nitrogen and oxygen atoms in total. The zero-order chi connectivity index (χ0) is 11.1. The van der Waals surface area contributed by atoms with Crippen molar-refractivity contribution in [1.29, 1.82) is 0 Å². The first-order valence-electron chi connectivity index (χ1n) is 5.59. The summed E-state index contributed by atoms with van der Waals surface area (Å²) in [6.07, 6.45) is 2.95. The Morgan fingerprint density at radius 2 is 1.06 bits per heavy atom. The van der Waals surface area contributed by atoms with E-state index in [0.29, 0.717) is 12.8 Å². The molecule has 0 radical (unpaired) electrons. The Kier molecular flexibility index (Phi) is 14.0. The molecule has 0 aromatic heterocycles. The van der Waals surface area contributed by atoms with Crippen molar-refractivity contribution in [3.8, 4) is 0 Å². The second-order valence-electron chi connectivity index (χ2n) is 4.01. The lowest BCUT2D eigenvalue weighted by molar-refractivity contribution is -0.131. The first-order chi connectivity index (χ1) is 6.54. The quantitative estimate of drug-likeness (QED) is 0.654. The van der Waals surface area contributed by atoms with Gasteiger partial charge in [0, 0.05) is 24.7 Å². The molecule has 0 bridgehead atoms. The van der Waals surface area contributed by atoms with Crippen LogP contribution in [0.15, 0.2) is 0 Å². The van der Waals surface area contributed by atoms with Gasteiger partial charge in [0.15, 0.2) is 0 Å². The van der Waals surface area contributed by atoms with Gasteiger partial charge < -0.3 is 0 Å². The number of hydrogen-bond acceptors (Lipinski definition) is 2. The predicted molar refractivity (Wildman–Crippen MR) is 71.6 cm³/mol. The van der Waals surface area contributed by atoms with Crippen LogP contribution in [-0.2, 0) is 9.59 Å². The largest absolute Gasteiger partial charge is 0.299 e. The van der Waals surface area contributed by atoms with E-state index >= 15 is 0 Å². The van der Waals surface area contributed by atoms with Gasteiger partial charge in [0.2, 0.25) is 0 Å². The summed E-state index contributed by atoms with van der Waals surface area (Å²) in [5, 5.41) is 0. The minimum Gasteiger partial charge on any atom is -0.299 e. The van der Waals surface area contributed by atoms with Crippen molar-refractivity contribution in [3.63, 3.8) is 0 Å². The minimum absolute atomic E-state index is 0. The molecule has 2 heteroatoms. The second-order valence-corrected chi connectivity index (χ2v) is 4.01. The number of carbonyl (C=O) groups excluding carboxylic acids is 2. The van der Waals surface area contributed by atoms with Crippen LogP contribution in [0.1, 0.15) is 68.2 Å². The van der Waals surface area contributed by atoms with Crippen LogP contribution < -0.4 is 0 Å². The summed E-state index contributed by atoms with van der Waals surface area (Å²) in [6, 6.07) is 0. The van der Waals surface area contributed by atoms with E-state index in [1.807, 2.05) is 27.7 Å². The van der Waals surface area contributed by atoms with Crippen LogP contribution in [0.3, 0.4) is 0 Å². The average Bonchev–Trinajstić information content (AvgIpc) is 2.16. The van der Waals surface area contributed by atoms with Crippen LogP contribution in [-0.4, -0.2) is 11.6 Å². The number of hydrogen-bond donors (Lipinski definition) is 0. The molecular weight excluding hydrogens is 200 g/mol. The van der Waals surface area contributed by atoms with Gasteiger partial charge in [-0.2, -0.15) is 0 Å². The summed E-state index contributed by atoms with van der Waals surface area (Å²) in [6.45, 7) is 7.72. The van der Waals surface area contributed by atoms with Gasteiger partial charge in [0.25, 0.3) is 0 Å². The molecule has 0 N–H and O–H groups in total. The van der Waals surface area contributed by atoms with E-state index < -0.39 is 0 Å². The van der Waals surface area contributed by atoms with Crippen molar-refractivity contribution >= 4 is 11.6 Å². The van der Waals surface area contributed by atoms with Crippen LogP contribution in [0.5, 0.6) is 0 Å². The van der Waals surface area contributed by atoms with Gasteiger partial charge in [-0.05, 0) is 12.8 Å². The molecule has 0 aromatic carbocycles. The van der Waals surface area contributed by atoms with Crippen LogP contribution >= 0.6 is 0 Å². The Morgan fingerprint density at radius 1 is 0.812 bits per heavy atom. The third kappa shape index (κ3) is 6.76. The molecule has 0 rings (SSSR count). The fourth-order valence-electron chi connectivity index (χ4n) is 1.51. The summed E-state index contributed by atoms with van der Waals surface area (Å²) >= 11 is 0. The maximum absolute atomic E-state index is 11.5. The normalized spacial score (nSPS) is 13.0. The highest BCUT2D eigenvalue weighted by molar-refractivity contribution is 5.89. The number of carbonyl (C=O) groups is 2. The molecular formula is C14H30O2. The average molecular weight is 230 g/mol. The summed E-state index contributed by atoms with van der Waals surface area (Å²) in [4.78, 5) is 23.1. The Hall–Kier alpha value is -0.660. The molecule has 2 atom stereocenters. The summed E-state index contributed by atoms with van der Waals surface area (Å²) in [5.41, 5.74) is 0. The molecule has 0 saturated heterocycles. The van der Waals surface area contributed by atoms with Crippen LogP contribution in [0.2, 0.25) is 0 Å². The van der Waals surface area contributed by atoms with E-state index in [1.165, 1.54) is 0 Å². The van der Waals surface area contributed by atoms with E-state index in [0.717, 1.165) is 12.8 Å². The van der Waals surface area contributed by atoms with Crippen molar-refractivity contribution < 1.29 is 9.59 Å². The maximum Gasteiger partial charge on any atom is 0.136 e. The zero-order valence-electron chi connectivity index (χ0n) is 9.80. The summed E-state index contributed by atoms with van der Waals surface area (Å²) in [5.74, 6) is 0.247. The Balaban J connectivity index is -0.000000845. The smallest absolute Gasteiger partial charge is 0.136 e. The van der Waals surface area contributed by atoms with Gasteiger partial charge in [-0.25, -0.2) is 0 Å². The molecule has 16 heavy (non-hydrogen) atoms. The number of ketones is 2. The molecule has 2 unspecified atom stereocenters. The highest BCUT2D eigenvalue weighted by Gasteiger charge is 2.24. The Bertz CT molecular complexity index is 175. The SMILES string of the molecule is C.C.CCCC(=O)C(C)C(C)C(=O)CCC. The van der Waals surface area contributed by atoms with Crippen molar-refractivity contribution in [3.05, 3.63) is 0 Å². The van der Waals surface area contributed by atoms with Gasteiger partial charge >= 0.3 is 0 Å². The Labute approximate surface area is 102 Å². The lowest BCUT2D eigenvalue weighted by atomic mass is 9.85. The molecule has 0 amide bonds. The fraction of sp³-hybridized carbons (Fsp3) is 0.857. The first-order valence-corrected chi connectivity index (χ1v) is 5.59. The molecule has 98 valence electrons. The van der Waals surface area contributed by atoms with Crippen molar-refractivity contribution in [2.45, 2.75) is 68.2 Å². The maximum atomic E-state index is 11.5. The molecule has 0 fully saturated rings. The van der Waals surface area contributed by atoms with E-state index in [2.05, 4.69) is 0 Å². The third-order valence-electron chi connectivity index (χ3n) is 2.76. The van der Waals surface area contributed by atoms with Gasteiger partial charge in [-0.15, -0.1) is 0 Å². The first kappa shape index (κ1) is 20.7. The van der Waals surface area contributed by atoms with Crippen molar-refractivity contribution in [2.24, 2.45) is 11.8 Å². The van der Waals surface area contributed by atoms with Gasteiger partial charge in [0.1, 0.15) is 11.6 Å². The standard InChI is InChI=1S/C12H22O2.2CH4/c1-5-7-11(13)9(3)10(4)12(14)8-6-2;;/h9-10H,5-8H2,1-4H3;2*1H4. The number of Topliss-reactive ketones (excluding diaryl/α,β-unsaturated/α-hetero) is 2. The van der Waals surface area contributed by atoms with Crippen LogP contribution in [0, 0.1) is 11.8 Å². The molecule has 0 aliphatic heterocycles. The van der Waals surface area contributed by atoms with Crippen LogP contribution in [0.25, 0.3) is 0 Å². The third-order valence-corrected chi connectivity index (χ3v) is 2.76. The van der Waals surface area contributed by atoms with Gasteiger partial charge in [-0.1, -0.05) is 42.5 Å². The molecule has 0 aliphatic carbocycles. The minimum atomic E-state index is -0.103. The topological polar surface area (TPSA) is 34.1 Å². The lowest BCUT2D eigenvalue weighted by Crippen LogP contribution is -2.25. The number of rotatable bonds is 7. The molecule has 0 spiro atoms. The highest BCUT2D eigenvalue weighted by Crippen LogP contribution is 2.17. The summed E-state index contributed by atoms with van der Waals surface area (Å²) < 4.78 is 0. The van der Waals surface area contributed by atoms with Gasteiger partial charge in [-0.3, -0.25) is 9.59 Å². The van der Waals surface area contributed by atoms with Crippen molar-refractivity contribution in [1.82, 2.24) is 0 Å². The van der Waals surface area contributed by atoms with Crippen molar-refractivity contribution in [2.75, 3.05) is 0 Å². The molecule has 0 aliphatic rings. The van der Waals surface area contributed by atoms with Crippen LogP contribution in [0.4, 0.5) is 0 Å². The monoisotopic (exact) mass is 230 g/mol. The summed E-state index contributed by atoms with van der Waals surface area (Å²) in [7, 11) is 0. The zero-order valence-corrected chi connectivity index (χ0v) is 9.80. The van der Waals surface area contributed by atoms with E-state index in [-0.39, 0.29) is 38.3 Å². The van der Waals surface area contributed by atoms with E-state index in [4.69, 9.17) is 0 Å². The lowest BCUT2D eigenvalue weighted by Gasteiger charge is -2.17. The molecule has 0 saturated carbocycles. The predicted octanol–water partition coefficient (Wildman–Crippen LogP) is 4.27. The molecule has 0 heterocycles. The van der Waals surface area contributed by atoms with Gasteiger partial charge in [0.05, 0.1) is 0 Å². The second kappa shape index (κ2) is 10.8. The molecule has 0 aromatic rings. The Morgan fingerprint density at radius 3 is 1.25 bits per heavy atom. The fourth-order valence-corrected chi connectivity index (χ4v) is 1.51. The highest BCUT2D eigenvalue weighted by atomic mass is 16.1. The van der Waals surface area contributed by atoms with E-state index in [9.17, 15) is 9.59 Å². The van der Waals surface area contributed by atoms with E-state index in [1.54, 1.807) is 0 Å².